The van der Waals surface area contributed by atoms with E-state index in [1.165, 1.54) is 12.8 Å². The van der Waals surface area contributed by atoms with Crippen LogP contribution in [0.1, 0.15) is 44.9 Å². The predicted octanol–water partition coefficient (Wildman–Crippen LogP) is 1.22. The molecule has 1 aliphatic carbocycles. The summed E-state index contributed by atoms with van der Waals surface area (Å²) < 4.78 is 5.16. The molecule has 0 aromatic carbocycles. The molecule has 17 heavy (non-hydrogen) atoms. The Morgan fingerprint density at radius 2 is 2.00 bits per heavy atom. The molecule has 1 aliphatic heterocycles. The summed E-state index contributed by atoms with van der Waals surface area (Å²) in [6, 6.07) is 0. The first-order valence-electron chi connectivity index (χ1n) is 6.77. The topological polar surface area (TPSA) is 58.6 Å². The van der Waals surface area contributed by atoms with Crippen molar-refractivity contribution in [1.29, 1.82) is 0 Å². The maximum atomic E-state index is 12.0. The van der Waals surface area contributed by atoms with Crippen molar-refractivity contribution >= 4 is 5.91 Å². The lowest BCUT2D eigenvalue weighted by Crippen LogP contribution is -2.45. The first-order chi connectivity index (χ1) is 8.20. The van der Waals surface area contributed by atoms with Crippen molar-refractivity contribution < 1.29 is 14.6 Å². The molecule has 0 spiro atoms. The molecule has 98 valence electrons. The Hall–Kier alpha value is -0.610. The summed E-state index contributed by atoms with van der Waals surface area (Å²) in [5, 5.41) is 12.9. The predicted molar refractivity (Wildman–Crippen MR) is 64.6 cm³/mol. The third-order valence-electron chi connectivity index (χ3n) is 3.90. The highest BCUT2D eigenvalue weighted by atomic mass is 16.5. The van der Waals surface area contributed by atoms with Gasteiger partial charge in [-0.15, -0.1) is 0 Å². The van der Waals surface area contributed by atoms with E-state index in [4.69, 9.17) is 4.74 Å². The number of ether oxygens (including phenoxy) is 1. The fourth-order valence-corrected chi connectivity index (χ4v) is 2.67. The molecule has 1 heterocycles. The summed E-state index contributed by atoms with van der Waals surface area (Å²) in [5.41, 5.74) is -0.833. The molecule has 1 unspecified atom stereocenters. The molecule has 0 aromatic heterocycles. The molecule has 1 saturated heterocycles. The molecule has 2 rings (SSSR count). The van der Waals surface area contributed by atoms with Crippen molar-refractivity contribution in [3.63, 3.8) is 0 Å². The fourth-order valence-electron chi connectivity index (χ4n) is 2.67. The number of aliphatic hydroxyl groups is 1. The van der Waals surface area contributed by atoms with Crippen LogP contribution in [-0.4, -0.2) is 36.4 Å². The van der Waals surface area contributed by atoms with E-state index in [0.29, 0.717) is 26.2 Å². The maximum Gasteiger partial charge on any atom is 0.223 e. The smallest absolute Gasteiger partial charge is 0.223 e. The Morgan fingerprint density at radius 3 is 2.59 bits per heavy atom. The third kappa shape index (κ3) is 3.68. The molecule has 2 fully saturated rings. The summed E-state index contributed by atoms with van der Waals surface area (Å²) >= 11 is 0. The monoisotopic (exact) mass is 241 g/mol. The fraction of sp³-hybridized carbons (Fsp3) is 0.923. The average Bonchev–Trinajstić information content (AvgIpc) is 2.60. The number of hydrogen-bond acceptors (Lipinski definition) is 3. The lowest BCUT2D eigenvalue weighted by atomic mass is 9.98. The molecule has 1 amide bonds. The van der Waals surface area contributed by atoms with Gasteiger partial charge in [-0.2, -0.15) is 0 Å². The molecule has 0 aromatic rings. The molecular weight excluding hydrogens is 218 g/mol. The minimum atomic E-state index is -0.833. The Labute approximate surface area is 103 Å². The van der Waals surface area contributed by atoms with Crippen molar-refractivity contribution in [3.05, 3.63) is 0 Å². The molecule has 0 bridgehead atoms. The van der Waals surface area contributed by atoms with Crippen molar-refractivity contribution in [2.24, 2.45) is 5.92 Å². The van der Waals surface area contributed by atoms with E-state index in [-0.39, 0.29) is 11.8 Å². The van der Waals surface area contributed by atoms with Crippen LogP contribution in [0.25, 0.3) is 0 Å². The van der Waals surface area contributed by atoms with Gasteiger partial charge in [-0.1, -0.05) is 25.7 Å². The van der Waals surface area contributed by atoms with Crippen LogP contribution in [-0.2, 0) is 9.53 Å². The largest absolute Gasteiger partial charge is 0.386 e. The van der Waals surface area contributed by atoms with E-state index in [1.807, 2.05) is 0 Å². The van der Waals surface area contributed by atoms with E-state index in [0.717, 1.165) is 25.7 Å². The van der Waals surface area contributed by atoms with E-state index in [9.17, 15) is 9.90 Å². The van der Waals surface area contributed by atoms with Crippen LogP contribution >= 0.6 is 0 Å². The quantitative estimate of drug-likeness (QED) is 0.731. The molecule has 2 aliphatic rings. The standard InChI is InChI=1S/C13H23NO3/c15-12(11-5-3-1-2-4-6-11)14-9-13(16)7-8-17-10-13/h11,16H,1-10H2,(H,14,15). The van der Waals surface area contributed by atoms with Gasteiger partial charge in [-0.05, 0) is 12.8 Å². The summed E-state index contributed by atoms with van der Waals surface area (Å²) in [4.78, 5) is 12.0. The van der Waals surface area contributed by atoms with Crippen molar-refractivity contribution in [2.45, 2.75) is 50.5 Å². The van der Waals surface area contributed by atoms with E-state index in [1.54, 1.807) is 0 Å². The van der Waals surface area contributed by atoms with Crippen LogP contribution in [0.2, 0.25) is 0 Å². The zero-order valence-electron chi connectivity index (χ0n) is 10.4. The van der Waals surface area contributed by atoms with Crippen LogP contribution < -0.4 is 5.32 Å². The van der Waals surface area contributed by atoms with Crippen LogP contribution in [0, 0.1) is 5.92 Å². The van der Waals surface area contributed by atoms with Gasteiger partial charge in [0.2, 0.25) is 5.91 Å². The van der Waals surface area contributed by atoms with Crippen molar-refractivity contribution in [2.75, 3.05) is 19.8 Å². The molecule has 2 N–H and O–H groups in total. The van der Waals surface area contributed by atoms with Gasteiger partial charge in [0.1, 0.15) is 5.60 Å². The molecule has 0 radical (unpaired) electrons. The van der Waals surface area contributed by atoms with Gasteiger partial charge in [-0.3, -0.25) is 4.79 Å². The zero-order chi connectivity index (χ0) is 12.1. The number of nitrogens with one attached hydrogen (secondary N) is 1. The summed E-state index contributed by atoms with van der Waals surface area (Å²) in [5.74, 6) is 0.274. The molecule has 1 atom stereocenters. The second-order valence-corrected chi connectivity index (χ2v) is 5.43. The van der Waals surface area contributed by atoms with Gasteiger partial charge in [-0.25, -0.2) is 0 Å². The highest BCUT2D eigenvalue weighted by molar-refractivity contribution is 5.78. The Bertz CT molecular complexity index is 253. The molecule has 1 saturated carbocycles. The van der Waals surface area contributed by atoms with Crippen molar-refractivity contribution in [1.82, 2.24) is 5.32 Å². The number of hydrogen-bond donors (Lipinski definition) is 2. The van der Waals surface area contributed by atoms with Gasteiger partial charge in [0.05, 0.1) is 6.61 Å². The van der Waals surface area contributed by atoms with Crippen LogP contribution in [0.4, 0.5) is 0 Å². The summed E-state index contributed by atoms with van der Waals surface area (Å²) in [6.45, 7) is 1.27. The van der Waals surface area contributed by atoms with E-state index < -0.39 is 5.60 Å². The van der Waals surface area contributed by atoms with E-state index in [2.05, 4.69) is 5.32 Å². The third-order valence-corrected chi connectivity index (χ3v) is 3.90. The van der Waals surface area contributed by atoms with Crippen LogP contribution in [0.15, 0.2) is 0 Å². The minimum absolute atomic E-state index is 0.118. The second kappa shape index (κ2) is 5.83. The molecular formula is C13H23NO3. The van der Waals surface area contributed by atoms with Gasteiger partial charge in [0, 0.05) is 25.5 Å². The van der Waals surface area contributed by atoms with Crippen LogP contribution in [0.5, 0.6) is 0 Å². The normalized spacial score (nSPS) is 31.1. The SMILES string of the molecule is O=C(NCC1(O)CCOC1)C1CCCCCC1. The van der Waals surface area contributed by atoms with Gasteiger partial charge in [0.25, 0.3) is 0 Å². The highest BCUT2D eigenvalue weighted by Crippen LogP contribution is 2.23. The summed E-state index contributed by atoms with van der Waals surface area (Å²) in [7, 11) is 0. The molecule has 4 heteroatoms. The highest BCUT2D eigenvalue weighted by Gasteiger charge is 2.33. The number of carbonyl (C=O) groups excluding carboxylic acids is 1. The summed E-state index contributed by atoms with van der Waals surface area (Å²) in [6.07, 6.45) is 7.44. The van der Waals surface area contributed by atoms with Gasteiger partial charge in [0.15, 0.2) is 0 Å². The lowest BCUT2D eigenvalue weighted by Gasteiger charge is -2.22. The maximum absolute atomic E-state index is 12.0. The average molecular weight is 241 g/mol. The Morgan fingerprint density at radius 1 is 1.29 bits per heavy atom. The number of rotatable bonds is 3. The number of amides is 1. The lowest BCUT2D eigenvalue weighted by molar-refractivity contribution is -0.126. The molecule has 4 nitrogen and oxygen atoms in total. The first-order valence-corrected chi connectivity index (χ1v) is 6.77. The number of carbonyl (C=O) groups is 1. The Kier molecular flexibility index (Phi) is 4.40. The minimum Gasteiger partial charge on any atom is -0.386 e. The van der Waals surface area contributed by atoms with Crippen LogP contribution in [0.3, 0.4) is 0 Å². The first kappa shape index (κ1) is 12.8. The van der Waals surface area contributed by atoms with Gasteiger partial charge < -0.3 is 15.2 Å². The van der Waals surface area contributed by atoms with Gasteiger partial charge >= 0.3 is 0 Å². The van der Waals surface area contributed by atoms with E-state index >= 15 is 0 Å². The second-order valence-electron chi connectivity index (χ2n) is 5.43. The van der Waals surface area contributed by atoms with Crippen molar-refractivity contribution in [3.8, 4) is 0 Å². The zero-order valence-corrected chi connectivity index (χ0v) is 10.4. The Balaban J connectivity index is 1.75.